The van der Waals surface area contributed by atoms with Crippen LogP contribution in [0.1, 0.15) is 16.8 Å². The van der Waals surface area contributed by atoms with Gasteiger partial charge in [0.2, 0.25) is 0 Å². The van der Waals surface area contributed by atoms with E-state index in [-0.39, 0.29) is 5.97 Å². The van der Waals surface area contributed by atoms with Crippen LogP contribution in [0.2, 0.25) is 0 Å². The molecule has 0 aliphatic carbocycles. The number of aromatic nitrogens is 2. The van der Waals surface area contributed by atoms with Crippen molar-refractivity contribution in [2.45, 2.75) is 13.8 Å². The van der Waals surface area contributed by atoms with E-state index in [0.717, 1.165) is 24.3 Å². The first-order chi connectivity index (χ1) is 10.1. The van der Waals surface area contributed by atoms with Crippen molar-refractivity contribution in [3.05, 3.63) is 16.8 Å². The van der Waals surface area contributed by atoms with E-state index >= 15 is 0 Å². The quantitative estimate of drug-likeness (QED) is 0.738. The van der Waals surface area contributed by atoms with Crippen molar-refractivity contribution in [3.63, 3.8) is 0 Å². The van der Waals surface area contributed by atoms with Gasteiger partial charge in [0.15, 0.2) is 5.82 Å². The molecule has 0 N–H and O–H groups in total. The van der Waals surface area contributed by atoms with Crippen LogP contribution < -0.4 is 4.90 Å². The first-order valence-electron chi connectivity index (χ1n) is 6.85. The lowest BCUT2D eigenvalue weighted by molar-refractivity contribution is -0.142. The predicted octanol–water partition coefficient (Wildman–Crippen LogP) is 0.260. The third kappa shape index (κ3) is 3.28. The zero-order chi connectivity index (χ0) is 15.4. The lowest BCUT2D eigenvalue weighted by Gasteiger charge is -2.35. The van der Waals surface area contributed by atoms with Gasteiger partial charge >= 0.3 is 5.97 Å². The number of piperazine rings is 1. The van der Waals surface area contributed by atoms with Gasteiger partial charge in [0.05, 0.1) is 19.3 Å². The van der Waals surface area contributed by atoms with Gasteiger partial charge in [-0.15, -0.1) is 5.10 Å². The van der Waals surface area contributed by atoms with Crippen LogP contribution in [0.25, 0.3) is 0 Å². The molecule has 7 heteroatoms. The van der Waals surface area contributed by atoms with Crippen molar-refractivity contribution < 1.29 is 9.53 Å². The number of carbonyl (C=O) groups excluding carboxylic acids is 1. The summed E-state index contributed by atoms with van der Waals surface area (Å²) in [6.45, 7) is 6.92. The standard InChI is InChI=1S/C14H19N5O2/c1-10-11(2)16-17-14(12(10)8-15)19-6-4-18(5-7-19)9-13(20)21-3/h4-7,9H2,1-3H3. The van der Waals surface area contributed by atoms with Gasteiger partial charge in [0, 0.05) is 26.2 Å². The molecule has 1 aliphatic heterocycles. The fourth-order valence-electron chi connectivity index (χ4n) is 2.32. The Morgan fingerprint density at radius 3 is 2.52 bits per heavy atom. The van der Waals surface area contributed by atoms with Crippen LogP contribution in [0.3, 0.4) is 0 Å². The maximum Gasteiger partial charge on any atom is 0.319 e. The van der Waals surface area contributed by atoms with Crippen molar-refractivity contribution in [2.75, 3.05) is 44.7 Å². The van der Waals surface area contributed by atoms with Crippen molar-refractivity contribution in [1.29, 1.82) is 5.26 Å². The lowest BCUT2D eigenvalue weighted by atomic mass is 10.1. The van der Waals surface area contributed by atoms with Crippen LogP contribution in [0.15, 0.2) is 0 Å². The third-order valence-corrected chi connectivity index (χ3v) is 3.80. The molecule has 1 fully saturated rings. The van der Waals surface area contributed by atoms with E-state index in [9.17, 15) is 10.1 Å². The molecule has 0 aromatic carbocycles. The molecule has 0 bridgehead atoms. The molecule has 112 valence electrons. The van der Waals surface area contributed by atoms with E-state index in [2.05, 4.69) is 21.0 Å². The molecule has 1 aromatic heterocycles. The fourth-order valence-corrected chi connectivity index (χ4v) is 2.32. The number of carbonyl (C=O) groups is 1. The molecule has 1 saturated heterocycles. The number of aryl methyl sites for hydroxylation is 1. The van der Waals surface area contributed by atoms with E-state index < -0.39 is 0 Å². The number of ether oxygens (including phenoxy) is 1. The van der Waals surface area contributed by atoms with Gasteiger partial charge in [0.25, 0.3) is 0 Å². The number of hydrogen-bond donors (Lipinski definition) is 0. The summed E-state index contributed by atoms with van der Waals surface area (Å²) in [5.74, 6) is 0.408. The second kappa shape index (κ2) is 6.50. The van der Waals surface area contributed by atoms with Crippen molar-refractivity contribution in [2.24, 2.45) is 0 Å². The van der Waals surface area contributed by atoms with Crippen molar-refractivity contribution >= 4 is 11.8 Å². The molecule has 0 radical (unpaired) electrons. The molecule has 2 heterocycles. The molecule has 0 spiro atoms. The summed E-state index contributed by atoms with van der Waals surface area (Å²) in [5.41, 5.74) is 2.24. The minimum absolute atomic E-state index is 0.230. The Balaban J connectivity index is 2.08. The molecule has 0 amide bonds. The van der Waals surface area contributed by atoms with Gasteiger partial charge in [-0.25, -0.2) is 0 Å². The van der Waals surface area contributed by atoms with E-state index in [0.29, 0.717) is 31.0 Å². The summed E-state index contributed by atoms with van der Waals surface area (Å²) in [7, 11) is 1.39. The zero-order valence-corrected chi connectivity index (χ0v) is 12.6. The first-order valence-corrected chi connectivity index (χ1v) is 6.85. The number of nitriles is 1. The second-order valence-corrected chi connectivity index (χ2v) is 5.06. The van der Waals surface area contributed by atoms with Crippen LogP contribution in [0.5, 0.6) is 0 Å². The normalized spacial score (nSPS) is 15.6. The maximum absolute atomic E-state index is 11.3. The monoisotopic (exact) mass is 289 g/mol. The van der Waals surface area contributed by atoms with Crippen LogP contribution in [0.4, 0.5) is 5.82 Å². The minimum atomic E-state index is -0.230. The summed E-state index contributed by atoms with van der Waals surface area (Å²) in [5, 5.41) is 17.6. The zero-order valence-electron chi connectivity index (χ0n) is 12.6. The molecule has 0 atom stereocenters. The number of esters is 1. The van der Waals surface area contributed by atoms with Gasteiger partial charge in [-0.1, -0.05) is 0 Å². The Labute approximate surface area is 124 Å². The molecule has 0 saturated carbocycles. The smallest absolute Gasteiger partial charge is 0.319 e. The van der Waals surface area contributed by atoms with Gasteiger partial charge in [-0.2, -0.15) is 10.4 Å². The second-order valence-electron chi connectivity index (χ2n) is 5.06. The Morgan fingerprint density at radius 1 is 1.29 bits per heavy atom. The summed E-state index contributed by atoms with van der Waals surface area (Å²) < 4.78 is 4.67. The summed E-state index contributed by atoms with van der Waals surface area (Å²) in [4.78, 5) is 15.3. The van der Waals surface area contributed by atoms with Crippen LogP contribution in [-0.4, -0.2) is 60.9 Å². The molecular formula is C14H19N5O2. The SMILES string of the molecule is COC(=O)CN1CCN(c2nnc(C)c(C)c2C#N)CC1. The van der Waals surface area contributed by atoms with Crippen LogP contribution in [-0.2, 0) is 9.53 Å². The van der Waals surface area contributed by atoms with E-state index in [1.807, 2.05) is 23.6 Å². The maximum atomic E-state index is 11.3. The minimum Gasteiger partial charge on any atom is -0.468 e. The van der Waals surface area contributed by atoms with Gasteiger partial charge < -0.3 is 9.64 Å². The van der Waals surface area contributed by atoms with Crippen LogP contribution >= 0.6 is 0 Å². The number of hydrogen-bond acceptors (Lipinski definition) is 7. The van der Waals surface area contributed by atoms with Gasteiger partial charge in [-0.3, -0.25) is 9.69 Å². The Kier molecular flexibility index (Phi) is 4.70. The fraction of sp³-hybridized carbons (Fsp3) is 0.571. The molecule has 21 heavy (non-hydrogen) atoms. The summed E-state index contributed by atoms with van der Waals surface area (Å²) >= 11 is 0. The molecule has 2 rings (SSSR count). The third-order valence-electron chi connectivity index (χ3n) is 3.80. The average molecular weight is 289 g/mol. The van der Waals surface area contributed by atoms with E-state index in [4.69, 9.17) is 0 Å². The predicted molar refractivity (Wildman–Crippen MR) is 76.9 cm³/mol. The Bertz CT molecular complexity index is 573. The molecule has 1 aliphatic rings. The highest BCUT2D eigenvalue weighted by molar-refractivity contribution is 5.71. The Hall–Kier alpha value is -2.20. The molecule has 1 aromatic rings. The average Bonchev–Trinajstić information content (AvgIpc) is 2.50. The van der Waals surface area contributed by atoms with E-state index in [1.165, 1.54) is 7.11 Å². The highest BCUT2D eigenvalue weighted by atomic mass is 16.5. The van der Waals surface area contributed by atoms with Gasteiger partial charge in [-0.05, 0) is 19.4 Å². The highest BCUT2D eigenvalue weighted by Crippen LogP contribution is 2.22. The summed E-state index contributed by atoms with van der Waals surface area (Å²) in [6, 6.07) is 2.22. The van der Waals surface area contributed by atoms with Gasteiger partial charge in [0.1, 0.15) is 11.6 Å². The molecule has 0 unspecified atom stereocenters. The Morgan fingerprint density at radius 2 is 1.95 bits per heavy atom. The topological polar surface area (TPSA) is 82.3 Å². The number of rotatable bonds is 3. The summed E-state index contributed by atoms with van der Waals surface area (Å²) in [6.07, 6.45) is 0. The highest BCUT2D eigenvalue weighted by Gasteiger charge is 2.23. The molecular weight excluding hydrogens is 270 g/mol. The van der Waals surface area contributed by atoms with Crippen molar-refractivity contribution in [1.82, 2.24) is 15.1 Å². The lowest BCUT2D eigenvalue weighted by Crippen LogP contribution is -2.48. The number of methoxy groups -OCH3 is 1. The molecule has 7 nitrogen and oxygen atoms in total. The first kappa shape index (κ1) is 15.2. The number of nitrogens with zero attached hydrogens (tertiary/aromatic N) is 5. The van der Waals surface area contributed by atoms with Crippen LogP contribution in [0, 0.1) is 25.2 Å². The van der Waals surface area contributed by atoms with E-state index in [1.54, 1.807) is 0 Å². The largest absolute Gasteiger partial charge is 0.468 e. The van der Waals surface area contributed by atoms with Crippen molar-refractivity contribution in [3.8, 4) is 6.07 Å². The number of anilines is 1.